The number of primary amides is 1. The van der Waals surface area contributed by atoms with Gasteiger partial charge in [0.2, 0.25) is 5.91 Å². The van der Waals surface area contributed by atoms with E-state index in [1.54, 1.807) is 0 Å². The van der Waals surface area contributed by atoms with Crippen LogP contribution in [0.15, 0.2) is 47.6 Å². The van der Waals surface area contributed by atoms with Gasteiger partial charge in [0.25, 0.3) is 0 Å². The van der Waals surface area contributed by atoms with Crippen molar-refractivity contribution < 1.29 is 4.79 Å². The highest BCUT2D eigenvalue weighted by molar-refractivity contribution is 6.01. The van der Waals surface area contributed by atoms with Crippen LogP contribution in [0.5, 0.6) is 0 Å². The van der Waals surface area contributed by atoms with E-state index < -0.39 is 0 Å². The van der Waals surface area contributed by atoms with Crippen molar-refractivity contribution in [1.82, 2.24) is 4.90 Å². The number of benzene rings is 1. The number of carbonyl (C=O) groups excluding carboxylic acids is 1. The summed E-state index contributed by atoms with van der Waals surface area (Å²) in [7, 11) is 0. The van der Waals surface area contributed by atoms with E-state index in [2.05, 4.69) is 62.1 Å². The summed E-state index contributed by atoms with van der Waals surface area (Å²) >= 11 is 0. The maximum atomic E-state index is 11.2. The smallest absolute Gasteiger partial charge is 0.231 e. The molecule has 0 spiro atoms. The van der Waals surface area contributed by atoms with Gasteiger partial charge in [-0.1, -0.05) is 44.2 Å². The van der Waals surface area contributed by atoms with Crippen molar-refractivity contribution in [3.8, 4) is 0 Å². The maximum Gasteiger partial charge on any atom is 0.231 e. The van der Waals surface area contributed by atoms with Gasteiger partial charge in [0, 0.05) is 12.1 Å². The summed E-state index contributed by atoms with van der Waals surface area (Å²) in [5, 5.41) is 8.30. The van der Waals surface area contributed by atoms with Crippen LogP contribution in [0.1, 0.15) is 68.6 Å². The summed E-state index contributed by atoms with van der Waals surface area (Å²) < 4.78 is 0. The van der Waals surface area contributed by atoms with Crippen LogP contribution in [0.4, 0.5) is 0 Å². The first kappa shape index (κ1) is 22.7. The number of likely N-dealkylation sites (tertiary alicyclic amines) is 1. The molecule has 0 aromatic heterocycles. The molecule has 2 aliphatic carbocycles. The Morgan fingerprint density at radius 1 is 1.19 bits per heavy atom. The highest BCUT2D eigenvalue weighted by Crippen LogP contribution is 2.40. The second-order valence-electron chi connectivity index (χ2n) is 10.1. The highest BCUT2D eigenvalue weighted by atomic mass is 16.1. The van der Waals surface area contributed by atoms with Crippen LogP contribution in [-0.4, -0.2) is 36.2 Å². The highest BCUT2D eigenvalue weighted by Gasteiger charge is 2.29. The van der Waals surface area contributed by atoms with E-state index in [-0.39, 0.29) is 5.91 Å². The molecule has 1 saturated carbocycles. The molecule has 170 valence electrons. The Morgan fingerprint density at radius 2 is 1.91 bits per heavy atom. The average Bonchev–Trinajstić information content (AvgIpc) is 3.59. The molecule has 1 aromatic carbocycles. The molecule has 1 amide bonds. The van der Waals surface area contributed by atoms with Crippen molar-refractivity contribution in [1.29, 1.82) is 5.41 Å². The summed E-state index contributed by atoms with van der Waals surface area (Å²) in [6.45, 7) is 8.99. The first-order valence-electron chi connectivity index (χ1n) is 12.1. The fourth-order valence-electron chi connectivity index (χ4n) is 5.11. The summed E-state index contributed by atoms with van der Waals surface area (Å²) in [5.74, 6) is 1.33. The molecule has 32 heavy (non-hydrogen) atoms. The predicted octanol–water partition coefficient (Wildman–Crippen LogP) is 5.39. The minimum atomic E-state index is -0.237. The lowest BCUT2D eigenvalue weighted by Crippen LogP contribution is -2.39. The van der Waals surface area contributed by atoms with Crippen LogP contribution in [0.25, 0.3) is 5.57 Å². The molecule has 1 aromatic rings. The zero-order chi connectivity index (χ0) is 22.8. The molecule has 4 rings (SSSR count). The zero-order valence-electron chi connectivity index (χ0n) is 19.8. The number of piperidine rings is 1. The van der Waals surface area contributed by atoms with Crippen LogP contribution in [0, 0.1) is 24.2 Å². The summed E-state index contributed by atoms with van der Waals surface area (Å²) in [6.07, 6.45) is 12.2. The number of amides is 1. The number of rotatable bonds is 7. The van der Waals surface area contributed by atoms with Crippen molar-refractivity contribution >= 4 is 17.2 Å². The van der Waals surface area contributed by atoms with Crippen LogP contribution in [0.3, 0.4) is 0 Å². The Kier molecular flexibility index (Phi) is 6.80. The lowest BCUT2D eigenvalue weighted by Gasteiger charge is -2.31. The normalized spacial score (nSPS) is 21.0. The van der Waals surface area contributed by atoms with Gasteiger partial charge in [-0.2, -0.15) is 0 Å². The molecule has 1 saturated heterocycles. The number of nitrogens with one attached hydrogen (secondary N) is 1. The first-order chi connectivity index (χ1) is 15.3. The third-order valence-electron chi connectivity index (χ3n) is 7.18. The molecule has 1 aliphatic heterocycles. The van der Waals surface area contributed by atoms with Gasteiger partial charge in [-0.15, -0.1) is 0 Å². The topological polar surface area (TPSA) is 70.2 Å². The molecule has 4 nitrogen and oxygen atoms in total. The third kappa shape index (κ3) is 5.29. The van der Waals surface area contributed by atoms with E-state index >= 15 is 0 Å². The molecule has 0 radical (unpaired) electrons. The monoisotopic (exact) mass is 431 g/mol. The number of carbonyl (C=O) groups is 1. The van der Waals surface area contributed by atoms with Gasteiger partial charge >= 0.3 is 0 Å². The third-order valence-corrected chi connectivity index (χ3v) is 7.18. The van der Waals surface area contributed by atoms with Gasteiger partial charge in [-0.25, -0.2) is 0 Å². The Balaban J connectivity index is 1.58. The number of hydrogen-bond acceptors (Lipinski definition) is 3. The van der Waals surface area contributed by atoms with Crippen LogP contribution in [0.2, 0.25) is 0 Å². The number of nitrogens with zero attached hydrogens (tertiary/aromatic N) is 1. The molecular formula is C28H37N3O. The van der Waals surface area contributed by atoms with Crippen molar-refractivity contribution in [2.24, 2.45) is 17.6 Å². The van der Waals surface area contributed by atoms with Gasteiger partial charge < -0.3 is 11.1 Å². The van der Waals surface area contributed by atoms with E-state index in [0.717, 1.165) is 38.1 Å². The molecule has 0 bridgehead atoms. The first-order valence-corrected chi connectivity index (χ1v) is 12.1. The standard InChI is InChI=1S/C28H37N3O/c1-18(2)24(14-20-5-9-27(29)26(15-20)22-7-8-22)25-16-23(6-4-19(25)3)21-10-12-31(13-11-21)17-28(30)32/h4-6,14-16,18,21-22,29H,7-13,17H2,1-3H3,(H2,30,32)/b24-14+,29-27?. The van der Waals surface area contributed by atoms with E-state index in [1.807, 2.05) is 0 Å². The van der Waals surface area contributed by atoms with E-state index in [9.17, 15) is 4.79 Å². The Labute approximate surface area is 192 Å². The lowest BCUT2D eigenvalue weighted by atomic mass is 9.83. The van der Waals surface area contributed by atoms with Crippen LogP contribution in [-0.2, 0) is 4.79 Å². The van der Waals surface area contributed by atoms with Gasteiger partial charge in [-0.3, -0.25) is 9.69 Å². The Morgan fingerprint density at radius 3 is 2.53 bits per heavy atom. The van der Waals surface area contributed by atoms with Crippen LogP contribution < -0.4 is 5.73 Å². The summed E-state index contributed by atoms with van der Waals surface area (Å²) in [4.78, 5) is 13.4. The zero-order valence-corrected chi connectivity index (χ0v) is 19.8. The largest absolute Gasteiger partial charge is 0.369 e. The van der Waals surface area contributed by atoms with Gasteiger partial charge in [0.05, 0.1) is 6.54 Å². The fourth-order valence-corrected chi connectivity index (χ4v) is 5.11. The number of hydrogen-bond donors (Lipinski definition) is 2. The van der Waals surface area contributed by atoms with E-state index in [0.29, 0.717) is 24.3 Å². The molecule has 4 heteroatoms. The summed E-state index contributed by atoms with van der Waals surface area (Å²) in [6, 6.07) is 6.97. The molecule has 2 fully saturated rings. The van der Waals surface area contributed by atoms with Crippen molar-refractivity contribution in [3.63, 3.8) is 0 Å². The molecule has 0 atom stereocenters. The quantitative estimate of drug-likeness (QED) is 0.608. The fraction of sp³-hybridized carbons (Fsp3) is 0.500. The molecule has 0 unspecified atom stereocenters. The lowest BCUT2D eigenvalue weighted by molar-refractivity contribution is -0.119. The van der Waals surface area contributed by atoms with Gasteiger partial charge in [0.15, 0.2) is 0 Å². The number of nitrogens with two attached hydrogens (primary N) is 1. The van der Waals surface area contributed by atoms with Crippen molar-refractivity contribution in [3.05, 3.63) is 64.3 Å². The van der Waals surface area contributed by atoms with E-state index in [4.69, 9.17) is 11.1 Å². The van der Waals surface area contributed by atoms with Crippen molar-refractivity contribution in [2.45, 2.75) is 58.8 Å². The van der Waals surface area contributed by atoms with Gasteiger partial charge in [0.1, 0.15) is 0 Å². The molecule has 3 N–H and O–H groups in total. The Bertz CT molecular complexity index is 986. The minimum Gasteiger partial charge on any atom is -0.369 e. The number of allylic oxidation sites excluding steroid dienone is 6. The van der Waals surface area contributed by atoms with Crippen molar-refractivity contribution in [2.75, 3.05) is 19.6 Å². The molecular weight excluding hydrogens is 394 g/mol. The second-order valence-corrected chi connectivity index (χ2v) is 10.1. The maximum absolute atomic E-state index is 11.2. The average molecular weight is 432 g/mol. The van der Waals surface area contributed by atoms with Gasteiger partial charge in [-0.05, 0) is 103 Å². The molecule has 1 heterocycles. The number of aryl methyl sites for hydroxylation is 1. The van der Waals surface area contributed by atoms with E-state index in [1.165, 1.54) is 46.3 Å². The Hall–Kier alpha value is -2.46. The molecule has 3 aliphatic rings. The summed E-state index contributed by atoms with van der Waals surface area (Å²) in [5.41, 5.74) is 14.1. The minimum absolute atomic E-state index is 0.237. The van der Waals surface area contributed by atoms with Crippen LogP contribution >= 0.6 is 0 Å². The predicted molar refractivity (Wildman–Crippen MR) is 133 cm³/mol. The SMILES string of the molecule is Cc1ccc(C2CCN(CC(N)=O)CC2)cc1/C(=C/C1=CCC(=N)C(C2CC2)=C1)C(C)C. The second kappa shape index (κ2) is 9.58.